The minimum absolute atomic E-state index is 0.534. The fraction of sp³-hybridized carbons (Fsp3) is 0.562. The van der Waals surface area contributed by atoms with Crippen molar-refractivity contribution in [1.82, 2.24) is 4.90 Å². The molecule has 1 aromatic carbocycles. The summed E-state index contributed by atoms with van der Waals surface area (Å²) in [4.78, 5) is 6.84. The number of ether oxygens (including phenoxy) is 1. The molecule has 110 valence electrons. The van der Waals surface area contributed by atoms with Gasteiger partial charge in [0.25, 0.3) is 0 Å². The van der Waals surface area contributed by atoms with Gasteiger partial charge in [-0.05, 0) is 30.7 Å². The number of hydrogen-bond acceptors (Lipinski definition) is 4. The quantitative estimate of drug-likeness (QED) is 0.827. The van der Waals surface area contributed by atoms with Gasteiger partial charge in [0.2, 0.25) is 0 Å². The molecule has 1 aliphatic rings. The SMILES string of the molecule is CC(C)COc1ccc2c(c1)C(CN(C)CCN)=NC2. The lowest BCUT2D eigenvalue weighted by molar-refractivity contribution is 0.271. The van der Waals surface area contributed by atoms with Crippen LogP contribution in [0.15, 0.2) is 23.2 Å². The van der Waals surface area contributed by atoms with Crippen LogP contribution in [0.2, 0.25) is 0 Å². The molecular weight excluding hydrogens is 250 g/mol. The maximum Gasteiger partial charge on any atom is 0.119 e. The van der Waals surface area contributed by atoms with Gasteiger partial charge in [0.05, 0.1) is 18.9 Å². The van der Waals surface area contributed by atoms with Crippen LogP contribution in [-0.4, -0.2) is 43.9 Å². The zero-order valence-corrected chi connectivity index (χ0v) is 12.7. The molecule has 2 rings (SSSR count). The summed E-state index contributed by atoms with van der Waals surface area (Å²) in [6.07, 6.45) is 0. The van der Waals surface area contributed by atoms with E-state index in [1.165, 1.54) is 11.1 Å². The minimum atomic E-state index is 0.534. The van der Waals surface area contributed by atoms with E-state index in [4.69, 9.17) is 10.5 Å². The van der Waals surface area contributed by atoms with Gasteiger partial charge in [-0.1, -0.05) is 19.9 Å². The van der Waals surface area contributed by atoms with Crippen molar-refractivity contribution in [2.45, 2.75) is 20.4 Å². The molecule has 0 aromatic heterocycles. The Labute approximate surface area is 121 Å². The Morgan fingerprint density at radius 2 is 2.20 bits per heavy atom. The van der Waals surface area contributed by atoms with Crippen LogP contribution in [0.25, 0.3) is 0 Å². The van der Waals surface area contributed by atoms with Crippen LogP contribution in [0.1, 0.15) is 25.0 Å². The highest BCUT2D eigenvalue weighted by Gasteiger charge is 2.17. The predicted octanol–water partition coefficient (Wildman–Crippen LogP) is 1.91. The van der Waals surface area contributed by atoms with Gasteiger partial charge in [0.15, 0.2) is 0 Å². The first-order valence-corrected chi connectivity index (χ1v) is 7.28. The monoisotopic (exact) mass is 275 g/mol. The van der Waals surface area contributed by atoms with E-state index in [2.05, 4.69) is 42.9 Å². The first-order chi connectivity index (χ1) is 9.60. The number of benzene rings is 1. The fourth-order valence-corrected chi connectivity index (χ4v) is 2.27. The van der Waals surface area contributed by atoms with Crippen LogP contribution >= 0.6 is 0 Å². The number of fused-ring (bicyclic) bond motifs is 1. The molecule has 0 aliphatic carbocycles. The van der Waals surface area contributed by atoms with Crippen molar-refractivity contribution < 1.29 is 4.74 Å². The standard InChI is InChI=1S/C16H25N3O/c1-12(2)11-20-14-5-4-13-9-18-16(15(13)8-14)10-19(3)7-6-17/h4-5,8,12H,6-7,9-11,17H2,1-3H3. The third-order valence-electron chi connectivity index (χ3n) is 3.35. The third-order valence-corrected chi connectivity index (χ3v) is 3.35. The van der Waals surface area contributed by atoms with Crippen LogP contribution in [0, 0.1) is 5.92 Å². The Balaban J connectivity index is 2.06. The summed E-state index contributed by atoms with van der Waals surface area (Å²) in [7, 11) is 2.08. The highest BCUT2D eigenvalue weighted by atomic mass is 16.5. The molecule has 0 unspecified atom stereocenters. The van der Waals surface area contributed by atoms with Gasteiger partial charge in [-0.25, -0.2) is 0 Å². The molecule has 1 aromatic rings. The molecule has 4 heteroatoms. The number of nitrogens with two attached hydrogens (primary N) is 1. The van der Waals surface area contributed by atoms with Crippen LogP contribution in [0.5, 0.6) is 5.75 Å². The zero-order chi connectivity index (χ0) is 14.5. The highest BCUT2D eigenvalue weighted by Crippen LogP contribution is 2.24. The predicted molar refractivity (Wildman–Crippen MR) is 83.6 cm³/mol. The number of hydrogen-bond donors (Lipinski definition) is 1. The summed E-state index contributed by atoms with van der Waals surface area (Å²) >= 11 is 0. The summed E-state index contributed by atoms with van der Waals surface area (Å²) < 4.78 is 5.80. The van der Waals surface area contributed by atoms with Crippen LogP contribution in [0.3, 0.4) is 0 Å². The molecule has 2 N–H and O–H groups in total. The van der Waals surface area contributed by atoms with Crippen molar-refractivity contribution >= 4 is 5.71 Å². The average Bonchev–Trinajstić information content (AvgIpc) is 2.79. The summed E-state index contributed by atoms with van der Waals surface area (Å²) in [5.74, 6) is 1.47. The van der Waals surface area contributed by atoms with E-state index in [0.29, 0.717) is 12.5 Å². The van der Waals surface area contributed by atoms with Gasteiger partial charge in [-0.2, -0.15) is 0 Å². The molecule has 1 heterocycles. The number of likely N-dealkylation sites (N-methyl/N-ethyl adjacent to an activating group) is 1. The molecule has 1 aliphatic heterocycles. The molecule has 0 atom stereocenters. The Morgan fingerprint density at radius 1 is 1.40 bits per heavy atom. The topological polar surface area (TPSA) is 50.9 Å². The van der Waals surface area contributed by atoms with Crippen molar-refractivity contribution in [3.63, 3.8) is 0 Å². The van der Waals surface area contributed by atoms with E-state index < -0.39 is 0 Å². The Bertz CT molecular complexity index is 483. The van der Waals surface area contributed by atoms with Crippen molar-refractivity contribution in [1.29, 1.82) is 0 Å². The van der Waals surface area contributed by atoms with Crippen molar-refractivity contribution in [3.05, 3.63) is 29.3 Å². The van der Waals surface area contributed by atoms with E-state index in [0.717, 1.165) is 37.7 Å². The van der Waals surface area contributed by atoms with Gasteiger partial charge in [-0.3, -0.25) is 9.89 Å². The van der Waals surface area contributed by atoms with Crippen LogP contribution in [0.4, 0.5) is 0 Å². The van der Waals surface area contributed by atoms with Gasteiger partial charge in [0, 0.05) is 25.2 Å². The van der Waals surface area contributed by atoms with Gasteiger partial charge >= 0.3 is 0 Å². The van der Waals surface area contributed by atoms with E-state index in [-0.39, 0.29) is 0 Å². The first kappa shape index (κ1) is 15.0. The molecule has 0 saturated heterocycles. The number of nitrogens with zero attached hydrogens (tertiary/aromatic N) is 2. The molecule has 0 bridgehead atoms. The molecule has 0 saturated carbocycles. The van der Waals surface area contributed by atoms with Crippen molar-refractivity contribution in [2.24, 2.45) is 16.6 Å². The van der Waals surface area contributed by atoms with Crippen LogP contribution < -0.4 is 10.5 Å². The maximum absolute atomic E-state index is 5.80. The Morgan fingerprint density at radius 3 is 2.90 bits per heavy atom. The van der Waals surface area contributed by atoms with Crippen molar-refractivity contribution in [2.75, 3.05) is 33.3 Å². The number of aliphatic imine (C=N–C) groups is 1. The Kier molecular flexibility index (Phi) is 5.15. The summed E-state index contributed by atoms with van der Waals surface area (Å²) in [6, 6.07) is 6.30. The first-order valence-electron chi connectivity index (χ1n) is 7.28. The smallest absolute Gasteiger partial charge is 0.119 e. The molecule has 0 amide bonds. The van der Waals surface area contributed by atoms with E-state index in [1.807, 2.05) is 6.07 Å². The largest absolute Gasteiger partial charge is 0.493 e. The third kappa shape index (κ3) is 3.81. The lowest BCUT2D eigenvalue weighted by atomic mass is 10.1. The highest BCUT2D eigenvalue weighted by molar-refractivity contribution is 6.05. The number of rotatable bonds is 7. The van der Waals surface area contributed by atoms with Gasteiger partial charge < -0.3 is 10.5 Å². The summed E-state index contributed by atoms with van der Waals surface area (Å²) in [5, 5.41) is 0. The molecule has 0 radical (unpaired) electrons. The van der Waals surface area contributed by atoms with Crippen molar-refractivity contribution in [3.8, 4) is 5.75 Å². The molecule has 0 spiro atoms. The lowest BCUT2D eigenvalue weighted by Gasteiger charge is -2.16. The molecule has 20 heavy (non-hydrogen) atoms. The zero-order valence-electron chi connectivity index (χ0n) is 12.7. The van der Waals surface area contributed by atoms with E-state index in [1.54, 1.807) is 0 Å². The lowest BCUT2D eigenvalue weighted by Crippen LogP contribution is -2.30. The molecule has 0 fully saturated rings. The van der Waals surface area contributed by atoms with E-state index >= 15 is 0 Å². The Hall–Kier alpha value is -1.39. The average molecular weight is 275 g/mol. The molecule has 4 nitrogen and oxygen atoms in total. The minimum Gasteiger partial charge on any atom is -0.493 e. The van der Waals surface area contributed by atoms with Gasteiger partial charge in [-0.15, -0.1) is 0 Å². The second kappa shape index (κ2) is 6.86. The second-order valence-electron chi connectivity index (χ2n) is 5.81. The summed E-state index contributed by atoms with van der Waals surface area (Å²) in [6.45, 7) is 8.25. The van der Waals surface area contributed by atoms with Crippen LogP contribution in [-0.2, 0) is 6.54 Å². The maximum atomic E-state index is 5.80. The van der Waals surface area contributed by atoms with Gasteiger partial charge in [0.1, 0.15) is 5.75 Å². The second-order valence-corrected chi connectivity index (χ2v) is 5.81. The molecular formula is C16H25N3O. The van der Waals surface area contributed by atoms with E-state index in [9.17, 15) is 0 Å². The summed E-state index contributed by atoms with van der Waals surface area (Å²) in [5.41, 5.74) is 9.25. The normalized spacial score (nSPS) is 13.8. The fourth-order valence-electron chi connectivity index (χ4n) is 2.27.